The van der Waals surface area contributed by atoms with Crippen molar-refractivity contribution in [3.63, 3.8) is 0 Å². The molecule has 7 nitrogen and oxygen atoms in total. The van der Waals surface area contributed by atoms with Crippen molar-refractivity contribution in [1.29, 1.82) is 0 Å². The number of methoxy groups -OCH3 is 2. The number of allylic oxidation sites excluding steroid dienone is 3. The van der Waals surface area contributed by atoms with Crippen molar-refractivity contribution in [2.75, 3.05) is 14.2 Å². The summed E-state index contributed by atoms with van der Waals surface area (Å²) in [6.45, 7) is 13.8. The van der Waals surface area contributed by atoms with Gasteiger partial charge in [-0.3, -0.25) is 0 Å². The quantitative estimate of drug-likeness (QED) is 0.257. The van der Waals surface area contributed by atoms with Gasteiger partial charge in [-0.05, 0) is 73.0 Å². The van der Waals surface area contributed by atoms with E-state index in [1.165, 1.54) is 57.5 Å². The highest BCUT2D eigenvalue weighted by molar-refractivity contribution is 5.61. The number of unbranched alkanes of at least 4 members (excludes halogenated alkanes) is 1. The summed E-state index contributed by atoms with van der Waals surface area (Å²) in [6, 6.07) is 0. The van der Waals surface area contributed by atoms with Crippen LogP contribution in [0.1, 0.15) is 106 Å². The molecule has 0 saturated heterocycles. The predicted octanol–water partition coefficient (Wildman–Crippen LogP) is 8.25. The van der Waals surface area contributed by atoms with Gasteiger partial charge in [0.2, 0.25) is 0 Å². The average molecular weight is 589 g/mol. The second kappa shape index (κ2) is 13.3. The van der Waals surface area contributed by atoms with E-state index < -0.39 is 24.5 Å². The Morgan fingerprint density at radius 2 is 1.69 bits per heavy atom. The summed E-state index contributed by atoms with van der Waals surface area (Å²) in [6.07, 6.45) is 12.1. The summed E-state index contributed by atoms with van der Waals surface area (Å²) in [4.78, 5) is 24.4. The van der Waals surface area contributed by atoms with Crippen LogP contribution >= 0.6 is 0 Å². The summed E-state index contributed by atoms with van der Waals surface area (Å²) >= 11 is 0. The summed E-state index contributed by atoms with van der Waals surface area (Å²) in [5.41, 5.74) is 2.49. The van der Waals surface area contributed by atoms with Crippen LogP contribution in [-0.2, 0) is 18.9 Å². The molecule has 3 fully saturated rings. The van der Waals surface area contributed by atoms with Gasteiger partial charge in [-0.1, -0.05) is 84.1 Å². The van der Waals surface area contributed by atoms with Gasteiger partial charge in [0.1, 0.15) is 12.2 Å². The maximum Gasteiger partial charge on any atom is 0.508 e. The van der Waals surface area contributed by atoms with Crippen LogP contribution in [0, 0.1) is 46.3 Å². The predicted molar refractivity (Wildman–Crippen MR) is 163 cm³/mol. The smallest absolute Gasteiger partial charge is 0.438 e. The number of hydrogen-bond acceptors (Lipinski definition) is 7. The highest BCUT2D eigenvalue weighted by Gasteiger charge is 2.60. The standard InChI is InChI=1S/C35H56O7/c1-9-10-11-23(18-30(36)21(2)3)22(4)27-14-15-28-26-13-12-24-19-25(41-32(37)39-7)20-31(42-33(38)40-8)35(24,6)29(26)16-17-34(27,28)5/h12-13,21-23,25,27-31,36H,9-11,14-20H2,1-8H3/t22-,23-,25-,27-,28+,29+,30-,31+,34-,35+/m1/s1. The zero-order chi connectivity index (χ0) is 30.8. The monoisotopic (exact) mass is 588 g/mol. The van der Waals surface area contributed by atoms with Crippen LogP contribution in [0.15, 0.2) is 23.3 Å². The third-order valence-electron chi connectivity index (χ3n) is 12.1. The maximum atomic E-state index is 12.4. The van der Waals surface area contributed by atoms with E-state index in [0.717, 1.165) is 19.3 Å². The first-order chi connectivity index (χ1) is 19.9. The van der Waals surface area contributed by atoms with E-state index in [4.69, 9.17) is 18.9 Å². The number of ether oxygens (including phenoxy) is 4. The van der Waals surface area contributed by atoms with E-state index in [2.05, 4.69) is 53.7 Å². The average Bonchev–Trinajstić information content (AvgIpc) is 3.32. The largest absolute Gasteiger partial charge is 0.508 e. The first-order valence-corrected chi connectivity index (χ1v) is 16.5. The molecule has 7 heteroatoms. The Bertz CT molecular complexity index is 1030. The molecule has 3 saturated carbocycles. The minimum Gasteiger partial charge on any atom is -0.438 e. The lowest BCUT2D eigenvalue weighted by molar-refractivity contribution is -0.0837. The number of aliphatic hydroxyl groups excluding tert-OH is 1. The molecular weight excluding hydrogens is 532 g/mol. The van der Waals surface area contributed by atoms with E-state index in [1.807, 2.05) is 0 Å². The number of carbonyl (C=O) groups is 2. The number of carbonyl (C=O) groups excluding carboxylic acids is 2. The van der Waals surface area contributed by atoms with Crippen LogP contribution in [0.25, 0.3) is 0 Å². The van der Waals surface area contributed by atoms with E-state index >= 15 is 0 Å². The van der Waals surface area contributed by atoms with Crippen LogP contribution in [-0.4, -0.2) is 49.9 Å². The zero-order valence-corrected chi connectivity index (χ0v) is 27.3. The second-order valence-electron chi connectivity index (χ2n) is 14.5. The van der Waals surface area contributed by atoms with Gasteiger partial charge in [-0.15, -0.1) is 0 Å². The first kappa shape index (κ1) is 32.9. The molecular formula is C35H56O7. The number of rotatable bonds is 10. The number of fused-ring (bicyclic) bond motifs is 5. The fourth-order valence-corrected chi connectivity index (χ4v) is 9.49. The molecule has 4 aliphatic rings. The molecule has 42 heavy (non-hydrogen) atoms. The zero-order valence-electron chi connectivity index (χ0n) is 27.3. The number of aliphatic hydroxyl groups is 1. The number of hydrogen-bond donors (Lipinski definition) is 1. The third kappa shape index (κ3) is 6.14. The molecule has 0 aliphatic heterocycles. The van der Waals surface area contributed by atoms with Crippen molar-refractivity contribution in [1.82, 2.24) is 0 Å². The van der Waals surface area contributed by atoms with E-state index in [1.54, 1.807) is 0 Å². The Labute approximate surface area is 253 Å². The molecule has 0 aromatic heterocycles. The van der Waals surface area contributed by atoms with Gasteiger partial charge in [-0.25, -0.2) is 9.59 Å². The molecule has 4 aliphatic carbocycles. The van der Waals surface area contributed by atoms with Crippen molar-refractivity contribution >= 4 is 12.3 Å². The second-order valence-corrected chi connectivity index (χ2v) is 14.5. The topological polar surface area (TPSA) is 91.3 Å². The molecule has 238 valence electrons. The fraction of sp³-hybridized carbons (Fsp3) is 0.829. The minimum atomic E-state index is -0.717. The minimum absolute atomic E-state index is 0.209. The van der Waals surface area contributed by atoms with E-state index in [-0.39, 0.29) is 28.8 Å². The molecule has 0 amide bonds. The van der Waals surface area contributed by atoms with E-state index in [0.29, 0.717) is 36.5 Å². The highest BCUT2D eigenvalue weighted by Crippen LogP contribution is 2.67. The summed E-state index contributed by atoms with van der Waals surface area (Å²) < 4.78 is 21.2. The maximum absolute atomic E-state index is 12.4. The first-order valence-electron chi connectivity index (χ1n) is 16.5. The molecule has 0 heterocycles. The van der Waals surface area contributed by atoms with Crippen molar-refractivity contribution in [2.24, 2.45) is 46.3 Å². The van der Waals surface area contributed by atoms with Crippen molar-refractivity contribution < 1.29 is 33.6 Å². The lowest BCUT2D eigenvalue weighted by atomic mass is 9.49. The fourth-order valence-electron chi connectivity index (χ4n) is 9.49. The van der Waals surface area contributed by atoms with Crippen LogP contribution in [0.5, 0.6) is 0 Å². The molecule has 0 aromatic carbocycles. The third-order valence-corrected chi connectivity index (χ3v) is 12.1. The van der Waals surface area contributed by atoms with Crippen molar-refractivity contribution in [3.8, 4) is 0 Å². The molecule has 0 radical (unpaired) electrons. The lowest BCUT2D eigenvalue weighted by Crippen LogP contribution is -2.54. The SMILES string of the molecule is CCCC[C@H](C[C@@H](O)C(C)C)[C@@H](C)[C@H]1CC[C@H]2C3=CC=C4C[C@@H](OC(=O)OC)C[C@H](OC(=O)OC)[C@]4(C)[C@H]3CC[C@]12C. The van der Waals surface area contributed by atoms with Gasteiger partial charge < -0.3 is 24.1 Å². The van der Waals surface area contributed by atoms with Crippen LogP contribution < -0.4 is 0 Å². The molecule has 0 unspecified atom stereocenters. The van der Waals surface area contributed by atoms with Crippen molar-refractivity contribution in [3.05, 3.63) is 23.3 Å². The molecule has 1 N–H and O–H groups in total. The Kier molecular flexibility index (Phi) is 10.4. The molecule has 0 bridgehead atoms. The Morgan fingerprint density at radius 1 is 1.00 bits per heavy atom. The van der Waals surface area contributed by atoms with Gasteiger partial charge in [0, 0.05) is 18.3 Å². The van der Waals surface area contributed by atoms with E-state index in [9.17, 15) is 14.7 Å². The molecule has 0 spiro atoms. The Morgan fingerprint density at radius 3 is 2.33 bits per heavy atom. The lowest BCUT2D eigenvalue weighted by Gasteiger charge is -2.57. The van der Waals surface area contributed by atoms with Gasteiger partial charge in [0.25, 0.3) is 0 Å². The molecule has 4 rings (SSSR count). The molecule has 10 atom stereocenters. The summed E-state index contributed by atoms with van der Waals surface area (Å²) in [5.74, 6) is 2.75. The van der Waals surface area contributed by atoms with Crippen LogP contribution in [0.4, 0.5) is 9.59 Å². The Balaban J connectivity index is 1.62. The van der Waals surface area contributed by atoms with Crippen molar-refractivity contribution in [2.45, 2.75) is 124 Å². The highest BCUT2D eigenvalue weighted by atomic mass is 16.7. The Hall–Kier alpha value is -2.02. The van der Waals surface area contributed by atoms with Gasteiger partial charge >= 0.3 is 12.3 Å². The normalized spacial score (nSPS) is 35.9. The van der Waals surface area contributed by atoms with Crippen LogP contribution in [0.2, 0.25) is 0 Å². The van der Waals surface area contributed by atoms with Gasteiger partial charge in [0.05, 0.1) is 20.3 Å². The molecule has 0 aromatic rings. The summed E-state index contributed by atoms with van der Waals surface area (Å²) in [7, 11) is 2.64. The van der Waals surface area contributed by atoms with Crippen LogP contribution in [0.3, 0.4) is 0 Å². The summed E-state index contributed by atoms with van der Waals surface area (Å²) in [5, 5.41) is 10.9. The van der Waals surface area contributed by atoms with Gasteiger partial charge in [0.15, 0.2) is 0 Å². The van der Waals surface area contributed by atoms with Gasteiger partial charge in [-0.2, -0.15) is 0 Å².